The van der Waals surface area contributed by atoms with Crippen LogP contribution in [0.25, 0.3) is 44.6 Å². The second-order valence-corrected chi connectivity index (χ2v) is 9.64. The summed E-state index contributed by atoms with van der Waals surface area (Å²) in [6.45, 7) is -0.687. The Bertz CT molecular complexity index is 1800. The lowest BCUT2D eigenvalue weighted by Gasteiger charge is -2.39. The van der Waals surface area contributed by atoms with Gasteiger partial charge in [-0.2, -0.15) is 0 Å². The third kappa shape index (κ3) is 4.63. The third-order valence-electron chi connectivity index (χ3n) is 6.94. The van der Waals surface area contributed by atoms with Gasteiger partial charge in [-0.25, -0.2) is 0 Å². The van der Waals surface area contributed by atoms with Crippen molar-refractivity contribution >= 4 is 21.9 Å². The first kappa shape index (κ1) is 26.6. The Kier molecular flexibility index (Phi) is 6.56. The van der Waals surface area contributed by atoms with E-state index in [2.05, 4.69) is 0 Å². The van der Waals surface area contributed by atoms with Gasteiger partial charge in [0.2, 0.25) is 6.29 Å². The summed E-state index contributed by atoms with van der Waals surface area (Å²) in [5.74, 6) is -0.736. The largest absolute Gasteiger partial charge is 0.508 e. The predicted octanol–water partition coefficient (Wildman–Crippen LogP) is 2.17. The summed E-state index contributed by atoms with van der Waals surface area (Å²) in [5, 5.41) is 71.4. The molecule has 7 N–H and O–H groups in total. The third-order valence-corrected chi connectivity index (χ3v) is 6.94. The smallest absolute Gasteiger partial charge is 0.229 e. The number of phenols is 3. The highest BCUT2D eigenvalue weighted by Crippen LogP contribution is 2.45. The van der Waals surface area contributed by atoms with Gasteiger partial charge in [0.05, 0.1) is 12.0 Å². The lowest BCUT2D eigenvalue weighted by atomic mass is 9.99. The van der Waals surface area contributed by atoms with Gasteiger partial charge in [-0.05, 0) is 48.5 Å². The van der Waals surface area contributed by atoms with Crippen molar-refractivity contribution in [2.45, 2.75) is 30.7 Å². The molecule has 12 heteroatoms. The molecule has 212 valence electrons. The number of benzene rings is 3. The van der Waals surface area contributed by atoms with E-state index in [1.54, 1.807) is 18.2 Å². The molecule has 1 aliphatic heterocycles. The number of ether oxygens (including phenoxy) is 2. The first-order valence-corrected chi connectivity index (χ1v) is 12.5. The number of aliphatic hydroxyl groups excluding tert-OH is 4. The number of rotatable bonds is 5. The zero-order valence-electron chi connectivity index (χ0n) is 21.0. The van der Waals surface area contributed by atoms with Crippen molar-refractivity contribution in [3.8, 4) is 45.6 Å². The quantitative estimate of drug-likeness (QED) is 0.154. The number of hydrogen-bond acceptors (Lipinski definition) is 12. The molecular weight excluding hydrogens is 540 g/mol. The first-order chi connectivity index (χ1) is 19.6. The highest BCUT2D eigenvalue weighted by Gasteiger charge is 2.45. The first-order valence-electron chi connectivity index (χ1n) is 12.5. The van der Waals surface area contributed by atoms with E-state index < -0.39 is 54.2 Å². The van der Waals surface area contributed by atoms with Crippen molar-refractivity contribution in [3.05, 3.63) is 70.9 Å². The maximum Gasteiger partial charge on any atom is 0.229 e. The molecule has 3 heterocycles. The van der Waals surface area contributed by atoms with E-state index in [1.165, 1.54) is 42.5 Å². The average Bonchev–Trinajstić information content (AvgIpc) is 2.95. The molecule has 12 nitrogen and oxygen atoms in total. The van der Waals surface area contributed by atoms with Crippen molar-refractivity contribution in [3.63, 3.8) is 0 Å². The van der Waals surface area contributed by atoms with Crippen LogP contribution in [0, 0.1) is 0 Å². The lowest BCUT2D eigenvalue weighted by molar-refractivity contribution is -0.277. The molecule has 0 spiro atoms. The van der Waals surface area contributed by atoms with E-state index in [0.717, 1.165) is 0 Å². The zero-order valence-corrected chi connectivity index (χ0v) is 21.0. The average molecular weight is 564 g/mol. The molecule has 0 bridgehead atoms. The van der Waals surface area contributed by atoms with Crippen molar-refractivity contribution in [2.24, 2.45) is 0 Å². The van der Waals surface area contributed by atoms with Crippen LogP contribution in [-0.2, 0) is 4.74 Å². The molecular formula is C29H24O12. The number of hydrogen-bond donors (Lipinski definition) is 7. The molecule has 0 radical (unpaired) electrons. The Morgan fingerprint density at radius 3 is 2.12 bits per heavy atom. The van der Waals surface area contributed by atoms with E-state index in [0.29, 0.717) is 16.3 Å². The van der Waals surface area contributed by atoms with Gasteiger partial charge >= 0.3 is 0 Å². The number of aromatic hydroxyl groups is 3. The summed E-state index contributed by atoms with van der Waals surface area (Å²) < 4.78 is 23.8. The molecule has 3 aromatic carbocycles. The summed E-state index contributed by atoms with van der Waals surface area (Å²) in [4.78, 5) is 12.6. The molecule has 5 atom stereocenters. The van der Waals surface area contributed by atoms with Gasteiger partial charge < -0.3 is 54.1 Å². The molecule has 2 aromatic heterocycles. The fourth-order valence-electron chi connectivity index (χ4n) is 4.82. The zero-order chi connectivity index (χ0) is 29.0. The van der Waals surface area contributed by atoms with E-state index in [1.807, 2.05) is 0 Å². The number of phenolic OH excluding ortho intramolecular Hbond substituents is 3. The van der Waals surface area contributed by atoms with Crippen molar-refractivity contribution in [2.75, 3.05) is 6.61 Å². The predicted molar refractivity (Wildman–Crippen MR) is 143 cm³/mol. The van der Waals surface area contributed by atoms with Gasteiger partial charge in [0.1, 0.15) is 47.1 Å². The Morgan fingerprint density at radius 2 is 1.44 bits per heavy atom. The van der Waals surface area contributed by atoms with Gasteiger partial charge in [0.15, 0.2) is 28.4 Å². The van der Waals surface area contributed by atoms with Gasteiger partial charge in [0, 0.05) is 28.6 Å². The molecule has 1 aliphatic rings. The Labute approximate surface area is 230 Å². The monoisotopic (exact) mass is 564 g/mol. The van der Waals surface area contributed by atoms with Gasteiger partial charge in [-0.1, -0.05) is 0 Å². The van der Waals surface area contributed by atoms with Crippen LogP contribution in [0.4, 0.5) is 0 Å². The van der Waals surface area contributed by atoms with E-state index >= 15 is 0 Å². The Hall–Kier alpha value is -4.59. The summed E-state index contributed by atoms with van der Waals surface area (Å²) >= 11 is 0. The van der Waals surface area contributed by atoms with Crippen LogP contribution >= 0.6 is 0 Å². The summed E-state index contributed by atoms with van der Waals surface area (Å²) in [5.41, 5.74) is 0.502. The Morgan fingerprint density at radius 1 is 0.756 bits per heavy atom. The van der Waals surface area contributed by atoms with Gasteiger partial charge in [0.25, 0.3) is 0 Å². The highest BCUT2D eigenvalue weighted by molar-refractivity contribution is 6.10. The van der Waals surface area contributed by atoms with Crippen molar-refractivity contribution < 1.29 is 54.1 Å². The lowest BCUT2D eigenvalue weighted by Crippen LogP contribution is -2.60. The van der Waals surface area contributed by atoms with Gasteiger partial charge in [-0.15, -0.1) is 0 Å². The molecule has 5 aromatic rings. The molecule has 0 aliphatic carbocycles. The molecule has 41 heavy (non-hydrogen) atoms. The molecule has 6 rings (SSSR count). The fraction of sp³-hybridized carbons (Fsp3) is 0.207. The van der Waals surface area contributed by atoms with Crippen molar-refractivity contribution in [1.29, 1.82) is 0 Å². The van der Waals surface area contributed by atoms with Crippen molar-refractivity contribution in [1.82, 2.24) is 0 Å². The maximum atomic E-state index is 12.6. The maximum absolute atomic E-state index is 12.6. The topological polar surface area (TPSA) is 203 Å². The molecule has 0 amide bonds. The summed E-state index contributed by atoms with van der Waals surface area (Å²) in [6.07, 6.45) is -8.00. The van der Waals surface area contributed by atoms with E-state index in [-0.39, 0.29) is 39.7 Å². The molecule has 0 unspecified atom stereocenters. The fourth-order valence-corrected chi connectivity index (χ4v) is 4.82. The van der Waals surface area contributed by atoms with Crippen LogP contribution in [0.15, 0.2) is 74.3 Å². The van der Waals surface area contributed by atoms with E-state index in [4.69, 9.17) is 18.3 Å². The van der Waals surface area contributed by atoms with Crippen LogP contribution in [0.5, 0.6) is 23.0 Å². The summed E-state index contributed by atoms with van der Waals surface area (Å²) in [7, 11) is 0. The normalized spacial score (nSPS) is 22.8. The highest BCUT2D eigenvalue weighted by atomic mass is 16.7. The summed E-state index contributed by atoms with van der Waals surface area (Å²) in [6, 6.07) is 14.0. The standard InChI is InChI=1S/C29H24O12/c30-11-22-24(35)25(36)26(37)29(40-22)41-28-16-10-19(12-1-4-14(31)5-2-12)38-20-8-15(32)9-21(23(16)20)39-27(28)13-3-6-17(33)18(34)7-13/h1-10,22,24-26,29-31,33-37H,11H2/t22-,24-,25+,26-,29+/m1/s1. The number of aliphatic hydroxyl groups is 4. The minimum Gasteiger partial charge on any atom is -0.508 e. The van der Waals surface area contributed by atoms with Crippen LogP contribution in [0.3, 0.4) is 0 Å². The minimum atomic E-state index is -1.76. The van der Waals surface area contributed by atoms with Crippen LogP contribution in [0.2, 0.25) is 0 Å². The molecule has 0 saturated carbocycles. The molecule has 1 fully saturated rings. The SMILES string of the molecule is O=c1cc2oc(-c3ccc(O)cc3)cc3c(O[C@@H]4O[C@H](CO)[C@@H](O)[C@H](O)[C@H]4O)c(-c4ccc(O)c(O)c4)oc(c1)c23. The second-order valence-electron chi connectivity index (χ2n) is 9.64. The Balaban J connectivity index is 1.64. The van der Waals surface area contributed by atoms with Crippen LogP contribution in [0.1, 0.15) is 0 Å². The van der Waals surface area contributed by atoms with Crippen LogP contribution in [-0.4, -0.2) is 73.1 Å². The van der Waals surface area contributed by atoms with Gasteiger partial charge in [-0.3, -0.25) is 4.79 Å². The molecule has 1 saturated heterocycles. The second kappa shape index (κ2) is 10.1. The van der Waals surface area contributed by atoms with Crippen LogP contribution < -0.4 is 10.2 Å². The van der Waals surface area contributed by atoms with E-state index in [9.17, 15) is 40.5 Å². The minimum absolute atomic E-state index is 0.0226.